The van der Waals surface area contributed by atoms with E-state index >= 15 is 0 Å². The van der Waals surface area contributed by atoms with Crippen molar-refractivity contribution in [2.75, 3.05) is 19.0 Å². The first kappa shape index (κ1) is 22.2. The number of benzene rings is 2. The van der Waals surface area contributed by atoms with E-state index < -0.39 is 6.04 Å². The molecule has 2 heterocycles. The highest BCUT2D eigenvalue weighted by Gasteiger charge is 2.35. The number of hydrogen-bond donors (Lipinski definition) is 1. The zero-order valence-corrected chi connectivity index (χ0v) is 19.5. The Morgan fingerprint density at radius 2 is 2.03 bits per heavy atom. The second-order valence-corrected chi connectivity index (χ2v) is 8.52. The molecular weight excluding hydrogens is 448 g/mol. The van der Waals surface area contributed by atoms with Crippen LogP contribution in [0, 0.1) is 0 Å². The second-order valence-electron chi connectivity index (χ2n) is 7.14. The lowest BCUT2D eigenvalue weighted by atomic mass is 9.96. The molecule has 0 amide bonds. The van der Waals surface area contributed by atoms with Crippen LogP contribution in [-0.4, -0.2) is 34.5 Å². The number of esters is 1. The molecule has 3 aromatic rings. The molecule has 9 heteroatoms. The Morgan fingerprint density at radius 1 is 1.25 bits per heavy atom. The van der Waals surface area contributed by atoms with Crippen molar-refractivity contribution < 1.29 is 14.3 Å². The summed E-state index contributed by atoms with van der Waals surface area (Å²) in [7, 11) is 1.62. The van der Waals surface area contributed by atoms with Crippen molar-refractivity contribution in [3.8, 4) is 5.75 Å². The number of carbonyl (C=O) groups excluding carboxylic acids is 1. The number of halogens is 1. The van der Waals surface area contributed by atoms with Crippen LogP contribution in [0.3, 0.4) is 0 Å². The number of nitrogens with one attached hydrogen (secondary N) is 1. The van der Waals surface area contributed by atoms with Crippen molar-refractivity contribution in [3.05, 3.63) is 76.0 Å². The molecule has 0 bridgehead atoms. The molecule has 0 saturated heterocycles. The van der Waals surface area contributed by atoms with Gasteiger partial charge in [0.2, 0.25) is 11.1 Å². The molecule has 1 atom stereocenters. The molecule has 4 rings (SSSR count). The summed E-state index contributed by atoms with van der Waals surface area (Å²) >= 11 is 7.60. The average molecular weight is 471 g/mol. The number of thioether (sulfide) groups is 1. The Balaban J connectivity index is 1.68. The van der Waals surface area contributed by atoms with Gasteiger partial charge in [0.25, 0.3) is 0 Å². The number of anilines is 1. The number of rotatable bonds is 7. The quantitative estimate of drug-likeness (QED) is 0.381. The first-order chi connectivity index (χ1) is 15.5. The summed E-state index contributed by atoms with van der Waals surface area (Å²) in [5.74, 6) is 1.60. The van der Waals surface area contributed by atoms with Crippen molar-refractivity contribution in [1.29, 1.82) is 0 Å². The minimum absolute atomic E-state index is 0.288. The van der Waals surface area contributed by atoms with Gasteiger partial charge in [-0.15, -0.1) is 5.10 Å². The number of carbonyl (C=O) groups is 1. The van der Waals surface area contributed by atoms with Crippen LogP contribution in [0.4, 0.5) is 5.95 Å². The predicted molar refractivity (Wildman–Crippen MR) is 125 cm³/mol. The number of methoxy groups -OCH3 is 1. The summed E-state index contributed by atoms with van der Waals surface area (Å²) < 4.78 is 12.4. The molecule has 166 valence electrons. The highest BCUT2D eigenvalue weighted by atomic mass is 35.5. The fraction of sp³-hybridized carbons (Fsp3) is 0.261. The molecule has 7 nitrogen and oxygen atoms in total. The minimum atomic E-state index is -0.468. The molecule has 0 fully saturated rings. The number of aromatic nitrogens is 3. The smallest absolute Gasteiger partial charge is 0.338 e. The van der Waals surface area contributed by atoms with E-state index in [0.29, 0.717) is 33.2 Å². The zero-order chi connectivity index (χ0) is 22.7. The van der Waals surface area contributed by atoms with Crippen molar-refractivity contribution in [1.82, 2.24) is 14.8 Å². The Hall–Kier alpha value is -2.97. The van der Waals surface area contributed by atoms with Crippen molar-refractivity contribution in [3.63, 3.8) is 0 Å². The van der Waals surface area contributed by atoms with Gasteiger partial charge in [-0.25, -0.2) is 9.48 Å². The van der Waals surface area contributed by atoms with E-state index in [4.69, 9.17) is 26.2 Å². The summed E-state index contributed by atoms with van der Waals surface area (Å²) in [4.78, 5) is 17.5. The molecule has 1 aliphatic heterocycles. The summed E-state index contributed by atoms with van der Waals surface area (Å²) in [6, 6.07) is 14.8. The predicted octanol–water partition coefficient (Wildman–Crippen LogP) is 5.08. The Bertz CT molecular complexity index is 1160. The van der Waals surface area contributed by atoms with Gasteiger partial charge in [-0.05, 0) is 49.2 Å². The van der Waals surface area contributed by atoms with Gasteiger partial charge in [-0.3, -0.25) is 0 Å². The highest BCUT2D eigenvalue weighted by molar-refractivity contribution is 7.98. The van der Waals surface area contributed by atoms with E-state index in [1.807, 2.05) is 55.5 Å². The first-order valence-electron chi connectivity index (χ1n) is 10.1. The van der Waals surface area contributed by atoms with E-state index in [1.54, 1.807) is 18.7 Å². The third-order valence-corrected chi connectivity index (χ3v) is 6.16. The molecule has 0 unspecified atom stereocenters. The Morgan fingerprint density at radius 3 is 2.72 bits per heavy atom. The van der Waals surface area contributed by atoms with Gasteiger partial charge in [-0.2, -0.15) is 4.98 Å². The van der Waals surface area contributed by atoms with Gasteiger partial charge >= 0.3 is 5.97 Å². The SMILES string of the molecule is CCOC(=O)C1=C(C)Nc2nc(SCc3cccc(Cl)c3)nn2[C@@H]1c1ccc(OC)cc1. The van der Waals surface area contributed by atoms with E-state index in [0.717, 1.165) is 16.9 Å². The van der Waals surface area contributed by atoms with Crippen LogP contribution in [0.5, 0.6) is 5.75 Å². The van der Waals surface area contributed by atoms with Crippen LogP contribution >= 0.6 is 23.4 Å². The van der Waals surface area contributed by atoms with Crippen molar-refractivity contribution in [2.45, 2.75) is 30.8 Å². The average Bonchev–Trinajstić information content (AvgIpc) is 3.19. The molecule has 0 spiro atoms. The summed E-state index contributed by atoms with van der Waals surface area (Å²) in [6.45, 7) is 3.92. The monoisotopic (exact) mass is 470 g/mol. The molecule has 0 radical (unpaired) electrons. The number of nitrogens with zero attached hydrogens (tertiary/aromatic N) is 3. The van der Waals surface area contributed by atoms with Gasteiger partial charge < -0.3 is 14.8 Å². The van der Waals surface area contributed by atoms with E-state index in [-0.39, 0.29) is 12.6 Å². The van der Waals surface area contributed by atoms with Crippen LogP contribution in [0.1, 0.15) is 31.0 Å². The third-order valence-electron chi connectivity index (χ3n) is 5.02. The Kier molecular flexibility index (Phi) is 6.72. The van der Waals surface area contributed by atoms with Crippen molar-refractivity contribution >= 4 is 35.3 Å². The lowest BCUT2D eigenvalue weighted by Gasteiger charge is -2.28. The van der Waals surface area contributed by atoms with Crippen LogP contribution in [-0.2, 0) is 15.3 Å². The van der Waals surface area contributed by atoms with Crippen molar-refractivity contribution in [2.24, 2.45) is 0 Å². The summed E-state index contributed by atoms with van der Waals surface area (Å²) in [5.41, 5.74) is 3.15. The van der Waals surface area contributed by atoms with Crippen LogP contribution in [0.25, 0.3) is 0 Å². The molecular formula is C23H23ClN4O3S. The maximum atomic E-state index is 12.9. The van der Waals surface area contributed by atoms with Crippen LogP contribution in [0.15, 0.2) is 65.0 Å². The largest absolute Gasteiger partial charge is 0.497 e. The van der Waals surface area contributed by atoms with Crippen LogP contribution in [0.2, 0.25) is 5.02 Å². The first-order valence-corrected chi connectivity index (χ1v) is 11.5. The normalized spacial score (nSPS) is 15.2. The fourth-order valence-electron chi connectivity index (χ4n) is 3.53. The van der Waals surface area contributed by atoms with E-state index in [2.05, 4.69) is 10.3 Å². The maximum absolute atomic E-state index is 12.9. The van der Waals surface area contributed by atoms with Gasteiger partial charge in [0.1, 0.15) is 11.8 Å². The van der Waals surface area contributed by atoms with Crippen LogP contribution < -0.4 is 10.1 Å². The van der Waals surface area contributed by atoms with Gasteiger partial charge in [0, 0.05) is 16.5 Å². The second kappa shape index (κ2) is 9.67. The maximum Gasteiger partial charge on any atom is 0.338 e. The molecule has 1 N–H and O–H groups in total. The topological polar surface area (TPSA) is 78.3 Å². The minimum Gasteiger partial charge on any atom is -0.497 e. The van der Waals surface area contributed by atoms with E-state index in [9.17, 15) is 4.79 Å². The number of fused-ring (bicyclic) bond motifs is 1. The fourth-order valence-corrected chi connectivity index (χ4v) is 4.52. The molecule has 2 aromatic carbocycles. The molecule has 1 aromatic heterocycles. The number of allylic oxidation sites excluding steroid dienone is 1. The standard InChI is InChI=1S/C23H23ClN4O3S/c1-4-31-21(29)19-14(2)25-22-26-23(32-13-15-6-5-7-17(24)12-15)27-28(22)20(19)16-8-10-18(30-3)11-9-16/h5-12,20H,4,13H2,1-3H3,(H,25,26,27)/t20-/m1/s1. The third kappa shape index (κ3) is 4.61. The van der Waals surface area contributed by atoms with Gasteiger partial charge in [0.05, 0.1) is 19.3 Å². The molecule has 1 aliphatic rings. The Labute approximate surface area is 195 Å². The summed E-state index contributed by atoms with van der Waals surface area (Å²) in [5, 5.41) is 9.22. The number of ether oxygens (including phenoxy) is 2. The molecule has 0 aliphatic carbocycles. The highest BCUT2D eigenvalue weighted by Crippen LogP contribution is 2.37. The molecule has 0 saturated carbocycles. The lowest BCUT2D eigenvalue weighted by Crippen LogP contribution is -2.29. The molecule has 32 heavy (non-hydrogen) atoms. The number of hydrogen-bond acceptors (Lipinski definition) is 7. The van der Waals surface area contributed by atoms with Gasteiger partial charge in [-0.1, -0.05) is 47.6 Å². The van der Waals surface area contributed by atoms with E-state index in [1.165, 1.54) is 11.8 Å². The lowest BCUT2D eigenvalue weighted by molar-refractivity contribution is -0.139. The van der Waals surface area contributed by atoms with Gasteiger partial charge in [0.15, 0.2) is 0 Å². The zero-order valence-electron chi connectivity index (χ0n) is 18.0. The summed E-state index contributed by atoms with van der Waals surface area (Å²) in [6.07, 6.45) is 0.